The summed E-state index contributed by atoms with van der Waals surface area (Å²) in [6.07, 6.45) is 1.14. The lowest BCUT2D eigenvalue weighted by Crippen LogP contribution is -2.53. The minimum Gasteiger partial charge on any atom is -0.497 e. The number of carbonyl (C=O) groups excluding carboxylic acids is 2. The van der Waals surface area contributed by atoms with E-state index in [-0.39, 0.29) is 12.5 Å². The topological polar surface area (TPSA) is 99.3 Å². The van der Waals surface area contributed by atoms with Gasteiger partial charge in [0.25, 0.3) is 0 Å². The molecule has 2 aromatic carbocycles. The van der Waals surface area contributed by atoms with Crippen molar-refractivity contribution in [2.45, 2.75) is 53.1 Å². The quantitative estimate of drug-likeness (QED) is 0.427. The van der Waals surface area contributed by atoms with E-state index >= 15 is 0 Å². The molecule has 0 aliphatic carbocycles. The fourth-order valence-electron chi connectivity index (χ4n) is 3.90. The zero-order valence-corrected chi connectivity index (χ0v) is 23.8. The molecule has 2 amide bonds. The maximum Gasteiger partial charge on any atom is 0.304 e. The van der Waals surface area contributed by atoms with Crippen molar-refractivity contribution >= 4 is 27.7 Å². The molecule has 204 valence electrons. The van der Waals surface area contributed by atoms with Gasteiger partial charge in [-0.1, -0.05) is 38.1 Å². The van der Waals surface area contributed by atoms with Crippen LogP contribution in [-0.2, 0) is 26.3 Å². The zero-order valence-electron chi connectivity index (χ0n) is 22.9. The smallest absolute Gasteiger partial charge is 0.304 e. The van der Waals surface area contributed by atoms with Crippen LogP contribution in [0.5, 0.6) is 5.75 Å². The molecule has 0 radical (unpaired) electrons. The number of amides is 2. The molecule has 0 spiro atoms. The van der Waals surface area contributed by atoms with Gasteiger partial charge >= 0.3 is 10.2 Å². The minimum atomic E-state index is -4.01. The number of hydrogen-bond acceptors (Lipinski definition) is 5. The highest BCUT2D eigenvalue weighted by Gasteiger charge is 2.34. The van der Waals surface area contributed by atoms with Crippen molar-refractivity contribution in [2.75, 3.05) is 38.6 Å². The SMILES string of the molecule is CCCNC(=O)[C@@H](CC)N(Cc1ccc(OC)cc1)C(=O)CN(c1cc(C)ccc1C)S(=O)(=O)N(C)C. The van der Waals surface area contributed by atoms with Crippen molar-refractivity contribution in [3.8, 4) is 5.75 Å². The second-order valence-corrected chi connectivity index (χ2v) is 11.2. The third-order valence-electron chi connectivity index (χ3n) is 6.10. The molecule has 1 atom stereocenters. The summed E-state index contributed by atoms with van der Waals surface area (Å²) in [6, 6.07) is 11.9. The highest BCUT2D eigenvalue weighted by atomic mass is 32.2. The normalized spacial score (nSPS) is 12.2. The van der Waals surface area contributed by atoms with E-state index in [1.807, 2.05) is 45.0 Å². The van der Waals surface area contributed by atoms with Gasteiger partial charge in [-0.15, -0.1) is 0 Å². The molecule has 1 N–H and O–H groups in total. The van der Waals surface area contributed by atoms with Crippen molar-refractivity contribution in [1.82, 2.24) is 14.5 Å². The number of methoxy groups -OCH3 is 1. The van der Waals surface area contributed by atoms with Crippen molar-refractivity contribution in [2.24, 2.45) is 0 Å². The molecule has 0 heterocycles. The van der Waals surface area contributed by atoms with Gasteiger partial charge in [0.1, 0.15) is 18.3 Å². The summed E-state index contributed by atoms with van der Waals surface area (Å²) in [5.74, 6) is -0.0619. The fourth-order valence-corrected chi connectivity index (χ4v) is 5.02. The fraction of sp³-hybridized carbons (Fsp3) is 0.481. The van der Waals surface area contributed by atoms with Gasteiger partial charge in [0, 0.05) is 27.2 Å². The lowest BCUT2D eigenvalue weighted by Gasteiger charge is -2.34. The Morgan fingerprint density at radius 1 is 1.03 bits per heavy atom. The predicted octanol–water partition coefficient (Wildman–Crippen LogP) is 3.26. The first-order chi connectivity index (χ1) is 17.5. The third kappa shape index (κ3) is 7.69. The molecule has 9 nitrogen and oxygen atoms in total. The second-order valence-electron chi connectivity index (χ2n) is 9.17. The number of ether oxygens (including phenoxy) is 1. The summed E-state index contributed by atoms with van der Waals surface area (Å²) in [5, 5.41) is 2.88. The Labute approximate surface area is 221 Å². The van der Waals surface area contributed by atoms with Crippen LogP contribution in [0, 0.1) is 13.8 Å². The maximum atomic E-state index is 13.9. The number of carbonyl (C=O) groups is 2. The van der Waals surface area contributed by atoms with Gasteiger partial charge in [0.05, 0.1) is 12.8 Å². The largest absolute Gasteiger partial charge is 0.497 e. The third-order valence-corrected chi connectivity index (χ3v) is 7.90. The van der Waals surface area contributed by atoms with E-state index in [1.165, 1.54) is 19.0 Å². The van der Waals surface area contributed by atoms with E-state index in [0.717, 1.165) is 31.7 Å². The first-order valence-corrected chi connectivity index (χ1v) is 13.8. The summed E-state index contributed by atoms with van der Waals surface area (Å²) < 4.78 is 34.2. The molecule has 0 aliphatic rings. The van der Waals surface area contributed by atoms with Gasteiger partial charge in [-0.25, -0.2) is 4.31 Å². The van der Waals surface area contributed by atoms with Gasteiger partial charge in [-0.05, 0) is 61.6 Å². The molecular weight excluding hydrogens is 492 g/mol. The van der Waals surface area contributed by atoms with Gasteiger partial charge in [-0.2, -0.15) is 12.7 Å². The van der Waals surface area contributed by atoms with Gasteiger partial charge < -0.3 is 15.0 Å². The van der Waals surface area contributed by atoms with Crippen LogP contribution in [0.2, 0.25) is 0 Å². The number of hydrogen-bond donors (Lipinski definition) is 1. The van der Waals surface area contributed by atoms with Gasteiger partial charge in [-0.3, -0.25) is 9.59 Å². The van der Waals surface area contributed by atoms with Crippen LogP contribution in [0.1, 0.15) is 43.4 Å². The molecule has 2 aromatic rings. The number of anilines is 1. The van der Waals surface area contributed by atoms with E-state index in [4.69, 9.17) is 4.74 Å². The Morgan fingerprint density at radius 2 is 1.68 bits per heavy atom. The number of nitrogens with one attached hydrogen (secondary N) is 1. The standard InChI is InChI=1S/C27H40N4O5S/c1-8-16-28-27(33)24(9-2)30(18-22-12-14-23(36-7)15-13-22)26(32)19-31(37(34,35)29(5)6)25-17-20(3)10-11-21(25)4/h10-15,17,24H,8-9,16,18-19H2,1-7H3,(H,28,33)/t24-/m1/s1. The van der Waals surface area contributed by atoms with E-state index in [9.17, 15) is 18.0 Å². The van der Waals surface area contributed by atoms with E-state index in [1.54, 1.807) is 32.2 Å². The maximum absolute atomic E-state index is 13.9. The number of aryl methyl sites for hydroxylation is 2. The molecule has 0 aliphatic heterocycles. The van der Waals surface area contributed by atoms with E-state index < -0.39 is 28.7 Å². The molecule has 0 saturated heterocycles. The molecule has 0 aromatic heterocycles. The Bertz CT molecular complexity index is 1170. The van der Waals surface area contributed by atoms with Crippen LogP contribution < -0.4 is 14.4 Å². The molecule has 0 saturated carbocycles. The molecule has 37 heavy (non-hydrogen) atoms. The van der Waals surface area contributed by atoms with Crippen molar-refractivity contribution in [3.63, 3.8) is 0 Å². The Balaban J connectivity index is 2.53. The number of benzene rings is 2. The highest BCUT2D eigenvalue weighted by molar-refractivity contribution is 7.90. The van der Waals surface area contributed by atoms with Gasteiger partial charge in [0.15, 0.2) is 0 Å². The molecule has 0 unspecified atom stereocenters. The average Bonchev–Trinajstić information content (AvgIpc) is 2.87. The van der Waals surface area contributed by atoms with E-state index in [2.05, 4.69) is 5.32 Å². The lowest BCUT2D eigenvalue weighted by atomic mass is 10.1. The number of nitrogens with zero attached hydrogens (tertiary/aromatic N) is 3. The Hall–Kier alpha value is -3.11. The van der Waals surface area contributed by atoms with Crippen LogP contribution in [0.15, 0.2) is 42.5 Å². The highest BCUT2D eigenvalue weighted by Crippen LogP contribution is 2.26. The first kappa shape index (κ1) is 30.1. The van der Waals surface area contributed by atoms with Crippen LogP contribution in [0.4, 0.5) is 5.69 Å². The average molecular weight is 533 g/mol. The minimum absolute atomic E-state index is 0.142. The zero-order chi connectivity index (χ0) is 27.8. The summed E-state index contributed by atoms with van der Waals surface area (Å²) in [7, 11) is 0.427. The van der Waals surface area contributed by atoms with Crippen LogP contribution >= 0.6 is 0 Å². The summed E-state index contributed by atoms with van der Waals surface area (Å²) in [4.78, 5) is 28.4. The Kier molecular flexibility index (Phi) is 10.9. The summed E-state index contributed by atoms with van der Waals surface area (Å²) >= 11 is 0. The summed E-state index contributed by atoms with van der Waals surface area (Å²) in [5.41, 5.74) is 2.81. The molecule has 0 bridgehead atoms. The molecule has 10 heteroatoms. The van der Waals surface area contributed by atoms with Crippen LogP contribution in [0.3, 0.4) is 0 Å². The van der Waals surface area contributed by atoms with E-state index in [0.29, 0.717) is 24.4 Å². The van der Waals surface area contributed by atoms with Crippen molar-refractivity contribution < 1.29 is 22.7 Å². The predicted molar refractivity (Wildman–Crippen MR) is 147 cm³/mol. The second kappa shape index (κ2) is 13.4. The van der Waals surface area contributed by atoms with Crippen LogP contribution in [0.25, 0.3) is 0 Å². The lowest BCUT2D eigenvalue weighted by molar-refractivity contribution is -0.140. The first-order valence-electron chi connectivity index (χ1n) is 12.4. The molecule has 2 rings (SSSR count). The molecule has 0 fully saturated rings. The molecular formula is C27H40N4O5S. The van der Waals surface area contributed by atoms with Gasteiger partial charge in [0.2, 0.25) is 11.8 Å². The Morgan fingerprint density at radius 3 is 2.22 bits per heavy atom. The van der Waals surface area contributed by atoms with Crippen LogP contribution in [-0.4, -0.2) is 69.8 Å². The number of rotatable bonds is 13. The monoisotopic (exact) mass is 532 g/mol. The van der Waals surface area contributed by atoms with Crippen molar-refractivity contribution in [3.05, 3.63) is 59.2 Å². The summed E-state index contributed by atoms with van der Waals surface area (Å²) in [6.45, 7) is 7.65. The van der Waals surface area contributed by atoms with Crippen molar-refractivity contribution in [1.29, 1.82) is 0 Å².